The average molecular weight is 279 g/mol. The van der Waals surface area contributed by atoms with Crippen LogP contribution in [0.1, 0.15) is 19.8 Å². The molecule has 4 nitrogen and oxygen atoms in total. The monoisotopic (exact) mass is 279 g/mol. The number of nitrogens with two attached hydrogens (primary N) is 1. The summed E-state index contributed by atoms with van der Waals surface area (Å²) < 4.78 is 13.4. The standard InChI is InChI=1S/C15H22FN3O/c1-11-10-19(8-6-13(11)17)9-7-15(20)18-14-5-3-2-4-12(14)16/h2-5,11,13H,6-10,17H2,1H3,(H,18,20). The van der Waals surface area contributed by atoms with E-state index in [1.807, 2.05) is 0 Å². The number of benzene rings is 1. The summed E-state index contributed by atoms with van der Waals surface area (Å²) >= 11 is 0. The van der Waals surface area contributed by atoms with Crippen molar-refractivity contribution in [2.24, 2.45) is 11.7 Å². The quantitative estimate of drug-likeness (QED) is 0.884. The van der Waals surface area contributed by atoms with Gasteiger partial charge in [0.2, 0.25) is 5.91 Å². The predicted octanol–water partition coefficient (Wildman–Crippen LogP) is 1.82. The van der Waals surface area contributed by atoms with Crippen LogP contribution >= 0.6 is 0 Å². The van der Waals surface area contributed by atoms with Crippen LogP contribution in [-0.4, -0.2) is 36.5 Å². The number of rotatable bonds is 4. The van der Waals surface area contributed by atoms with Gasteiger partial charge < -0.3 is 16.0 Å². The normalized spacial score (nSPS) is 23.6. The molecule has 0 radical (unpaired) electrons. The molecule has 1 aromatic rings. The van der Waals surface area contributed by atoms with Gasteiger partial charge in [-0.1, -0.05) is 19.1 Å². The van der Waals surface area contributed by atoms with E-state index in [4.69, 9.17) is 5.73 Å². The number of carbonyl (C=O) groups is 1. The first-order valence-electron chi connectivity index (χ1n) is 7.08. The second-order valence-corrected chi connectivity index (χ2v) is 5.51. The molecule has 20 heavy (non-hydrogen) atoms. The highest BCUT2D eigenvalue weighted by Crippen LogP contribution is 2.16. The highest BCUT2D eigenvalue weighted by Gasteiger charge is 2.23. The van der Waals surface area contributed by atoms with Crippen LogP contribution in [-0.2, 0) is 4.79 Å². The fourth-order valence-corrected chi connectivity index (χ4v) is 2.49. The van der Waals surface area contributed by atoms with Crippen molar-refractivity contribution in [2.75, 3.05) is 25.0 Å². The summed E-state index contributed by atoms with van der Waals surface area (Å²) in [5.74, 6) is -0.102. The first-order valence-corrected chi connectivity index (χ1v) is 7.08. The minimum atomic E-state index is -0.404. The maximum absolute atomic E-state index is 13.4. The van der Waals surface area contributed by atoms with Gasteiger partial charge >= 0.3 is 0 Å². The molecular weight excluding hydrogens is 257 g/mol. The van der Waals surface area contributed by atoms with Crippen molar-refractivity contribution in [1.82, 2.24) is 4.90 Å². The molecule has 1 fully saturated rings. The van der Waals surface area contributed by atoms with E-state index in [2.05, 4.69) is 17.1 Å². The third-order valence-electron chi connectivity index (χ3n) is 3.86. The summed E-state index contributed by atoms with van der Waals surface area (Å²) in [6, 6.07) is 6.47. The zero-order chi connectivity index (χ0) is 14.5. The number of amides is 1. The molecule has 0 bridgehead atoms. The lowest BCUT2D eigenvalue weighted by Crippen LogP contribution is -2.46. The van der Waals surface area contributed by atoms with E-state index < -0.39 is 5.82 Å². The molecule has 2 unspecified atom stereocenters. The van der Waals surface area contributed by atoms with Crippen molar-refractivity contribution in [1.29, 1.82) is 0 Å². The van der Waals surface area contributed by atoms with Gasteiger partial charge in [0.15, 0.2) is 0 Å². The summed E-state index contributed by atoms with van der Waals surface area (Å²) in [6.07, 6.45) is 1.34. The minimum Gasteiger partial charge on any atom is -0.327 e. The molecule has 0 aromatic heterocycles. The largest absolute Gasteiger partial charge is 0.327 e. The van der Waals surface area contributed by atoms with Crippen LogP contribution in [0.15, 0.2) is 24.3 Å². The average Bonchev–Trinajstić information content (AvgIpc) is 2.43. The Morgan fingerprint density at radius 3 is 2.95 bits per heavy atom. The lowest BCUT2D eigenvalue weighted by atomic mass is 9.95. The third kappa shape index (κ3) is 4.02. The van der Waals surface area contributed by atoms with Crippen LogP contribution in [0.2, 0.25) is 0 Å². The van der Waals surface area contributed by atoms with Crippen molar-refractivity contribution in [3.8, 4) is 0 Å². The van der Waals surface area contributed by atoms with Gasteiger partial charge in [-0.2, -0.15) is 0 Å². The lowest BCUT2D eigenvalue weighted by Gasteiger charge is -2.34. The summed E-state index contributed by atoms with van der Waals surface area (Å²) in [6.45, 7) is 4.68. The Kier molecular flexibility index (Phi) is 5.09. The molecule has 1 amide bonds. The molecule has 1 aromatic carbocycles. The maximum Gasteiger partial charge on any atom is 0.225 e. The zero-order valence-electron chi connectivity index (χ0n) is 11.8. The molecule has 5 heteroatoms. The SMILES string of the molecule is CC1CN(CCC(=O)Nc2ccccc2F)CCC1N. The molecule has 110 valence electrons. The lowest BCUT2D eigenvalue weighted by molar-refractivity contribution is -0.116. The van der Waals surface area contributed by atoms with E-state index >= 15 is 0 Å². The van der Waals surface area contributed by atoms with Crippen molar-refractivity contribution in [3.05, 3.63) is 30.1 Å². The summed E-state index contributed by atoms with van der Waals surface area (Å²) in [5.41, 5.74) is 6.21. The molecule has 3 N–H and O–H groups in total. The van der Waals surface area contributed by atoms with Crippen LogP contribution in [0.25, 0.3) is 0 Å². The molecule has 1 saturated heterocycles. The second kappa shape index (κ2) is 6.81. The van der Waals surface area contributed by atoms with Gasteiger partial charge in [0, 0.05) is 25.6 Å². The second-order valence-electron chi connectivity index (χ2n) is 5.51. The molecule has 2 rings (SSSR count). The van der Waals surface area contributed by atoms with E-state index in [1.54, 1.807) is 18.2 Å². The summed E-state index contributed by atoms with van der Waals surface area (Å²) in [4.78, 5) is 14.1. The Morgan fingerprint density at radius 1 is 1.50 bits per heavy atom. The molecule has 0 saturated carbocycles. The Bertz CT molecular complexity index is 466. The van der Waals surface area contributed by atoms with Crippen molar-refractivity contribution in [2.45, 2.75) is 25.8 Å². The number of hydrogen-bond donors (Lipinski definition) is 2. The number of halogens is 1. The first kappa shape index (κ1) is 14.9. The minimum absolute atomic E-state index is 0.155. The molecular formula is C15H22FN3O. The van der Waals surface area contributed by atoms with Crippen molar-refractivity contribution < 1.29 is 9.18 Å². The van der Waals surface area contributed by atoms with E-state index in [0.717, 1.165) is 19.5 Å². The summed E-state index contributed by atoms with van der Waals surface area (Å²) in [5, 5.41) is 2.60. The molecule has 1 aliphatic rings. The third-order valence-corrected chi connectivity index (χ3v) is 3.86. The van der Waals surface area contributed by atoms with Gasteiger partial charge in [-0.25, -0.2) is 4.39 Å². The van der Waals surface area contributed by atoms with Gasteiger partial charge in [-0.15, -0.1) is 0 Å². The van der Waals surface area contributed by atoms with Gasteiger partial charge in [-0.3, -0.25) is 4.79 Å². The number of carbonyl (C=O) groups excluding carboxylic acids is 1. The number of piperidine rings is 1. The van der Waals surface area contributed by atoms with Crippen LogP contribution in [0.3, 0.4) is 0 Å². The van der Waals surface area contributed by atoms with Gasteiger partial charge in [0.25, 0.3) is 0 Å². The molecule has 2 atom stereocenters. The molecule has 0 spiro atoms. The van der Waals surface area contributed by atoms with Gasteiger partial charge in [0.05, 0.1) is 5.69 Å². The number of para-hydroxylation sites is 1. The number of hydrogen-bond acceptors (Lipinski definition) is 3. The molecule has 1 heterocycles. The van der Waals surface area contributed by atoms with Crippen LogP contribution in [0, 0.1) is 11.7 Å². The topological polar surface area (TPSA) is 58.4 Å². The molecule has 1 aliphatic heterocycles. The Labute approximate surface area is 119 Å². The zero-order valence-corrected chi connectivity index (χ0v) is 11.8. The number of nitrogens with zero attached hydrogens (tertiary/aromatic N) is 1. The van der Waals surface area contributed by atoms with E-state index in [1.165, 1.54) is 6.07 Å². The van der Waals surface area contributed by atoms with Crippen LogP contribution in [0.4, 0.5) is 10.1 Å². The maximum atomic E-state index is 13.4. The Hall–Kier alpha value is -1.46. The smallest absolute Gasteiger partial charge is 0.225 e. The Morgan fingerprint density at radius 2 is 2.25 bits per heavy atom. The first-order chi connectivity index (χ1) is 9.56. The molecule has 0 aliphatic carbocycles. The highest BCUT2D eigenvalue weighted by molar-refractivity contribution is 5.90. The van der Waals surface area contributed by atoms with Crippen LogP contribution in [0.5, 0.6) is 0 Å². The van der Waals surface area contributed by atoms with Gasteiger partial charge in [-0.05, 0) is 31.0 Å². The van der Waals surface area contributed by atoms with E-state index in [9.17, 15) is 9.18 Å². The van der Waals surface area contributed by atoms with Gasteiger partial charge in [0.1, 0.15) is 5.82 Å². The Balaban J connectivity index is 1.77. The number of anilines is 1. The predicted molar refractivity (Wildman–Crippen MR) is 77.8 cm³/mol. The highest BCUT2D eigenvalue weighted by atomic mass is 19.1. The van der Waals surface area contributed by atoms with Crippen molar-refractivity contribution in [3.63, 3.8) is 0 Å². The van der Waals surface area contributed by atoms with E-state index in [0.29, 0.717) is 18.9 Å². The van der Waals surface area contributed by atoms with E-state index in [-0.39, 0.29) is 17.6 Å². The van der Waals surface area contributed by atoms with Crippen molar-refractivity contribution >= 4 is 11.6 Å². The number of likely N-dealkylation sites (tertiary alicyclic amines) is 1. The fourth-order valence-electron chi connectivity index (χ4n) is 2.49. The fraction of sp³-hybridized carbons (Fsp3) is 0.533. The summed E-state index contributed by atoms with van der Waals surface area (Å²) in [7, 11) is 0. The number of nitrogens with one attached hydrogen (secondary N) is 1. The van der Waals surface area contributed by atoms with Crippen LogP contribution < -0.4 is 11.1 Å².